The molecule has 3 N–H and O–H groups in total. The second-order valence-corrected chi connectivity index (χ2v) is 6.98. The van der Waals surface area contributed by atoms with Crippen LogP contribution in [0.3, 0.4) is 0 Å². The lowest BCUT2D eigenvalue weighted by molar-refractivity contribution is 0.103. The molecule has 1 heterocycles. The maximum absolute atomic E-state index is 12.0. The number of rotatable bonds is 2. The fraction of sp³-hybridized carbons (Fsp3) is 0.0833. The summed E-state index contributed by atoms with van der Waals surface area (Å²) in [5.41, 5.74) is 8.16. The number of benzene rings is 1. The zero-order valence-corrected chi connectivity index (χ0v) is 13.4. The van der Waals surface area contributed by atoms with Gasteiger partial charge in [0.1, 0.15) is 0 Å². The molecule has 94 valence electrons. The van der Waals surface area contributed by atoms with E-state index in [9.17, 15) is 4.79 Å². The number of aryl methyl sites for hydroxylation is 1. The average molecular weight is 390 g/mol. The minimum atomic E-state index is -0.144. The maximum atomic E-state index is 12.0. The van der Waals surface area contributed by atoms with Crippen molar-refractivity contribution in [2.24, 2.45) is 0 Å². The van der Waals surface area contributed by atoms with E-state index in [1.165, 1.54) is 11.3 Å². The second-order valence-electron chi connectivity index (χ2n) is 3.76. The van der Waals surface area contributed by atoms with E-state index in [1.807, 2.05) is 19.1 Å². The highest BCUT2D eigenvalue weighted by Gasteiger charge is 2.12. The van der Waals surface area contributed by atoms with Gasteiger partial charge in [-0.2, -0.15) is 0 Å². The lowest BCUT2D eigenvalue weighted by Crippen LogP contribution is -2.10. The number of carbonyl (C=O) groups excluding carboxylic acids is 1. The number of thiophene rings is 1. The van der Waals surface area contributed by atoms with Gasteiger partial charge in [-0.25, -0.2) is 0 Å². The molecule has 6 heteroatoms. The minimum Gasteiger partial charge on any atom is -0.398 e. The molecule has 3 nitrogen and oxygen atoms in total. The van der Waals surface area contributed by atoms with Crippen molar-refractivity contribution in [1.29, 1.82) is 0 Å². The topological polar surface area (TPSA) is 55.1 Å². The van der Waals surface area contributed by atoms with Crippen LogP contribution in [-0.4, -0.2) is 5.91 Å². The summed E-state index contributed by atoms with van der Waals surface area (Å²) in [5.74, 6) is -0.144. The van der Waals surface area contributed by atoms with Gasteiger partial charge in [-0.15, -0.1) is 11.3 Å². The Morgan fingerprint density at radius 3 is 2.61 bits per heavy atom. The molecular formula is C12H10Br2N2OS. The first-order chi connectivity index (χ1) is 8.47. The number of halogens is 2. The molecule has 1 amide bonds. The molecule has 0 saturated heterocycles. The number of amides is 1. The van der Waals surface area contributed by atoms with Crippen LogP contribution in [0.5, 0.6) is 0 Å². The van der Waals surface area contributed by atoms with Crippen LogP contribution in [0.1, 0.15) is 15.2 Å². The van der Waals surface area contributed by atoms with Crippen LogP contribution in [-0.2, 0) is 0 Å². The molecule has 0 saturated carbocycles. The number of hydrogen-bond donors (Lipinski definition) is 2. The predicted octanol–water partition coefficient (Wildman–Crippen LogP) is 4.42. The van der Waals surface area contributed by atoms with Crippen LogP contribution in [0.2, 0.25) is 0 Å². The number of anilines is 2. The average Bonchev–Trinajstić information content (AvgIpc) is 2.65. The largest absolute Gasteiger partial charge is 0.398 e. The molecule has 0 spiro atoms. The van der Waals surface area contributed by atoms with Crippen molar-refractivity contribution in [3.8, 4) is 0 Å². The Bertz CT molecular complexity index is 591. The molecule has 0 bridgehead atoms. The normalized spacial score (nSPS) is 10.4. The minimum absolute atomic E-state index is 0.144. The highest BCUT2D eigenvalue weighted by molar-refractivity contribution is 9.13. The van der Waals surface area contributed by atoms with Gasteiger partial charge in [0.15, 0.2) is 0 Å². The monoisotopic (exact) mass is 388 g/mol. The van der Waals surface area contributed by atoms with Crippen molar-refractivity contribution in [1.82, 2.24) is 0 Å². The second kappa shape index (κ2) is 5.42. The Balaban J connectivity index is 2.18. The molecule has 0 fully saturated rings. The van der Waals surface area contributed by atoms with Gasteiger partial charge >= 0.3 is 0 Å². The van der Waals surface area contributed by atoms with E-state index < -0.39 is 0 Å². The van der Waals surface area contributed by atoms with Gasteiger partial charge in [-0.05, 0) is 62.5 Å². The number of hydrogen-bond acceptors (Lipinski definition) is 3. The lowest BCUT2D eigenvalue weighted by Gasteiger charge is -2.06. The van der Waals surface area contributed by atoms with Crippen LogP contribution >= 0.6 is 43.2 Å². The third-order valence-corrected chi connectivity index (χ3v) is 5.66. The van der Waals surface area contributed by atoms with Gasteiger partial charge in [-0.3, -0.25) is 4.79 Å². The number of nitrogen functional groups attached to an aromatic ring is 1. The van der Waals surface area contributed by atoms with Gasteiger partial charge in [0.2, 0.25) is 0 Å². The summed E-state index contributed by atoms with van der Waals surface area (Å²) in [6.45, 7) is 1.93. The van der Waals surface area contributed by atoms with E-state index in [1.54, 1.807) is 12.1 Å². The summed E-state index contributed by atoms with van der Waals surface area (Å²) in [7, 11) is 0. The SMILES string of the molecule is Cc1ccc(NC(=O)c2cc(Br)c(Br)s2)cc1N. The Hall–Kier alpha value is -0.850. The van der Waals surface area contributed by atoms with Crippen LogP contribution in [0, 0.1) is 6.92 Å². The molecule has 2 aromatic rings. The van der Waals surface area contributed by atoms with E-state index in [0.29, 0.717) is 16.3 Å². The van der Waals surface area contributed by atoms with E-state index in [-0.39, 0.29) is 5.91 Å². The van der Waals surface area contributed by atoms with Crippen molar-refractivity contribution < 1.29 is 4.79 Å². The summed E-state index contributed by atoms with van der Waals surface area (Å²) in [6.07, 6.45) is 0. The van der Waals surface area contributed by atoms with E-state index in [2.05, 4.69) is 37.2 Å². The number of carbonyl (C=O) groups is 1. The van der Waals surface area contributed by atoms with Gasteiger partial charge in [0.25, 0.3) is 5.91 Å². The number of nitrogens with two attached hydrogens (primary N) is 1. The Labute approximate surface area is 126 Å². The Morgan fingerprint density at radius 2 is 2.06 bits per heavy atom. The first kappa shape index (κ1) is 13.6. The van der Waals surface area contributed by atoms with Crippen LogP contribution < -0.4 is 11.1 Å². The smallest absolute Gasteiger partial charge is 0.265 e. The van der Waals surface area contributed by atoms with Crippen molar-refractivity contribution >= 4 is 60.5 Å². The van der Waals surface area contributed by atoms with Gasteiger partial charge in [0.05, 0.1) is 8.66 Å². The molecule has 0 atom stereocenters. The third kappa shape index (κ3) is 2.93. The summed E-state index contributed by atoms with van der Waals surface area (Å²) >= 11 is 8.09. The van der Waals surface area contributed by atoms with E-state index in [0.717, 1.165) is 13.8 Å². The van der Waals surface area contributed by atoms with E-state index >= 15 is 0 Å². The van der Waals surface area contributed by atoms with Crippen LogP contribution in [0.4, 0.5) is 11.4 Å². The molecule has 18 heavy (non-hydrogen) atoms. The fourth-order valence-electron chi connectivity index (χ4n) is 1.37. The quantitative estimate of drug-likeness (QED) is 0.747. The molecule has 0 aliphatic rings. The number of nitrogens with one attached hydrogen (secondary N) is 1. The summed E-state index contributed by atoms with van der Waals surface area (Å²) in [6, 6.07) is 7.25. The highest BCUT2D eigenvalue weighted by Crippen LogP contribution is 2.32. The molecule has 0 unspecified atom stereocenters. The molecule has 0 radical (unpaired) electrons. The predicted molar refractivity (Wildman–Crippen MR) is 83.3 cm³/mol. The molecule has 0 aliphatic heterocycles. The van der Waals surface area contributed by atoms with Gasteiger partial charge in [-0.1, -0.05) is 6.07 Å². The van der Waals surface area contributed by atoms with Crippen molar-refractivity contribution in [3.05, 3.63) is 43.0 Å². The van der Waals surface area contributed by atoms with Crippen molar-refractivity contribution in [3.63, 3.8) is 0 Å². The first-order valence-corrected chi connectivity index (χ1v) is 7.50. The molecule has 2 rings (SSSR count). The Kier molecular flexibility index (Phi) is 4.09. The molecule has 1 aromatic carbocycles. The standard InChI is InChI=1S/C12H10Br2N2OS/c1-6-2-3-7(4-9(6)15)16-12(17)10-5-8(13)11(14)18-10/h2-5H,15H2,1H3,(H,16,17). The summed E-state index contributed by atoms with van der Waals surface area (Å²) < 4.78 is 1.78. The summed E-state index contributed by atoms with van der Waals surface area (Å²) in [4.78, 5) is 12.6. The van der Waals surface area contributed by atoms with Crippen molar-refractivity contribution in [2.45, 2.75) is 6.92 Å². The molecule has 1 aromatic heterocycles. The van der Waals surface area contributed by atoms with Crippen LogP contribution in [0.15, 0.2) is 32.5 Å². The van der Waals surface area contributed by atoms with Gasteiger partial charge < -0.3 is 11.1 Å². The van der Waals surface area contributed by atoms with E-state index in [4.69, 9.17) is 5.73 Å². The Morgan fingerprint density at radius 1 is 1.33 bits per heavy atom. The molecular weight excluding hydrogens is 380 g/mol. The molecule has 0 aliphatic carbocycles. The lowest BCUT2D eigenvalue weighted by atomic mass is 10.2. The fourth-order valence-corrected chi connectivity index (χ4v) is 3.30. The third-order valence-electron chi connectivity index (χ3n) is 2.41. The first-order valence-electron chi connectivity index (χ1n) is 5.09. The van der Waals surface area contributed by atoms with Gasteiger partial charge in [0, 0.05) is 15.8 Å². The van der Waals surface area contributed by atoms with Crippen LogP contribution in [0.25, 0.3) is 0 Å². The zero-order chi connectivity index (χ0) is 13.3. The zero-order valence-electron chi connectivity index (χ0n) is 9.46. The van der Waals surface area contributed by atoms with Crippen molar-refractivity contribution in [2.75, 3.05) is 11.1 Å². The maximum Gasteiger partial charge on any atom is 0.265 e. The highest BCUT2D eigenvalue weighted by atomic mass is 79.9. The summed E-state index contributed by atoms with van der Waals surface area (Å²) in [5, 5.41) is 2.82.